The van der Waals surface area contributed by atoms with Gasteiger partial charge >= 0.3 is 0 Å². The predicted octanol–water partition coefficient (Wildman–Crippen LogP) is 1.45. The van der Waals surface area contributed by atoms with Crippen molar-refractivity contribution in [2.45, 2.75) is 48.8 Å². The van der Waals surface area contributed by atoms with Gasteiger partial charge in [-0.25, -0.2) is 0 Å². The number of carbonyl (C=O) groups is 1. The van der Waals surface area contributed by atoms with Crippen molar-refractivity contribution in [2.75, 3.05) is 20.1 Å². The van der Waals surface area contributed by atoms with E-state index in [0.29, 0.717) is 25.0 Å². The molecule has 2 heterocycles. The molecule has 2 unspecified atom stereocenters. The van der Waals surface area contributed by atoms with Crippen LogP contribution in [0.1, 0.15) is 30.4 Å². The second-order valence-electron chi connectivity index (χ2n) is 8.45. The average Bonchev–Trinajstić information content (AvgIpc) is 2.93. The number of likely N-dealkylation sites (N-methyl/N-ethyl adjacent to an activating group) is 1. The molecule has 2 aliphatic carbocycles. The zero-order valence-corrected chi connectivity index (χ0v) is 14.5. The van der Waals surface area contributed by atoms with Crippen LogP contribution in [0.4, 0.5) is 0 Å². The Hall–Kier alpha value is -1.85. The molecule has 2 aliphatic heterocycles. The van der Waals surface area contributed by atoms with E-state index in [1.807, 2.05) is 12.1 Å². The fraction of sp³-hybridized carbons (Fsp3) is 0.550. The number of likely N-dealkylation sites (tertiary alicyclic amines) is 1. The van der Waals surface area contributed by atoms with E-state index in [1.54, 1.807) is 6.07 Å². The number of quaternary nitrogens is 1. The SMILES string of the molecule is C=CC[N+]1(C)CCC23c4c5ccc(O)c4O[C@H]2C(=O)CC[C@@]3(O)[C@H]1C5. The first-order chi connectivity index (χ1) is 11.9. The molecule has 2 bridgehead atoms. The lowest BCUT2D eigenvalue weighted by molar-refractivity contribution is -0.944. The van der Waals surface area contributed by atoms with Crippen LogP contribution in [0.15, 0.2) is 24.8 Å². The van der Waals surface area contributed by atoms with Gasteiger partial charge in [-0.15, -0.1) is 0 Å². The highest BCUT2D eigenvalue weighted by Crippen LogP contribution is 2.65. The van der Waals surface area contributed by atoms with Crippen molar-refractivity contribution in [3.05, 3.63) is 35.9 Å². The Morgan fingerprint density at radius 1 is 1.44 bits per heavy atom. The number of benzene rings is 1. The van der Waals surface area contributed by atoms with Gasteiger partial charge in [0.15, 0.2) is 23.4 Å². The fourth-order valence-electron chi connectivity index (χ4n) is 6.34. The quantitative estimate of drug-likeness (QED) is 0.631. The highest BCUT2D eigenvalue weighted by molar-refractivity contribution is 5.90. The third-order valence-corrected chi connectivity index (χ3v) is 7.45. The average molecular weight is 342 g/mol. The Morgan fingerprint density at radius 2 is 2.24 bits per heavy atom. The Bertz CT molecular complexity index is 820. The van der Waals surface area contributed by atoms with Crippen LogP contribution in [0.2, 0.25) is 0 Å². The number of piperidine rings is 1. The van der Waals surface area contributed by atoms with Crippen molar-refractivity contribution in [1.29, 1.82) is 0 Å². The number of ether oxygens (including phenoxy) is 1. The Balaban J connectivity index is 1.82. The highest BCUT2D eigenvalue weighted by atomic mass is 16.5. The minimum Gasteiger partial charge on any atom is -0.504 e. The van der Waals surface area contributed by atoms with Crippen molar-refractivity contribution >= 4 is 5.78 Å². The molecule has 2 N–H and O–H groups in total. The summed E-state index contributed by atoms with van der Waals surface area (Å²) in [6, 6.07) is 3.60. The number of Topliss-reactive ketones (excluding diaryl/α,β-unsaturated/α-hetero) is 1. The van der Waals surface area contributed by atoms with E-state index >= 15 is 0 Å². The number of phenols is 1. The van der Waals surface area contributed by atoms with Gasteiger partial charge < -0.3 is 19.4 Å². The van der Waals surface area contributed by atoms with Crippen LogP contribution in [0, 0.1) is 0 Å². The van der Waals surface area contributed by atoms with Crippen LogP contribution in [0.5, 0.6) is 11.5 Å². The monoisotopic (exact) mass is 342 g/mol. The lowest BCUT2D eigenvalue weighted by Crippen LogP contribution is -2.80. The normalized spacial score (nSPS) is 43.4. The highest BCUT2D eigenvalue weighted by Gasteiger charge is 2.76. The zero-order chi connectivity index (χ0) is 17.6. The summed E-state index contributed by atoms with van der Waals surface area (Å²) in [5, 5.41) is 22.3. The molecule has 25 heavy (non-hydrogen) atoms. The van der Waals surface area contributed by atoms with Gasteiger partial charge in [0.05, 0.1) is 25.6 Å². The van der Waals surface area contributed by atoms with Gasteiger partial charge in [-0.2, -0.15) is 0 Å². The molecule has 0 amide bonds. The van der Waals surface area contributed by atoms with E-state index in [4.69, 9.17) is 4.74 Å². The fourth-order valence-corrected chi connectivity index (χ4v) is 6.34. The molecule has 0 aromatic heterocycles. The summed E-state index contributed by atoms with van der Waals surface area (Å²) in [4.78, 5) is 12.7. The van der Waals surface area contributed by atoms with Crippen molar-refractivity contribution in [3.8, 4) is 11.5 Å². The van der Waals surface area contributed by atoms with E-state index in [2.05, 4.69) is 13.6 Å². The summed E-state index contributed by atoms with van der Waals surface area (Å²) in [7, 11) is 2.19. The molecule has 1 saturated heterocycles. The van der Waals surface area contributed by atoms with Gasteiger partial charge in [-0.05, 0) is 24.1 Å². The maximum absolute atomic E-state index is 12.7. The number of ketones is 1. The molecular formula is C20H24NO4+. The first kappa shape index (κ1) is 15.4. The lowest BCUT2D eigenvalue weighted by atomic mass is 9.48. The van der Waals surface area contributed by atoms with Crippen molar-refractivity contribution in [2.24, 2.45) is 0 Å². The first-order valence-electron chi connectivity index (χ1n) is 9.09. The number of nitrogens with zero attached hydrogens (tertiary/aromatic N) is 1. The molecule has 2 fully saturated rings. The van der Waals surface area contributed by atoms with Gasteiger partial charge in [-0.1, -0.05) is 12.6 Å². The van der Waals surface area contributed by atoms with Crippen LogP contribution in [-0.2, 0) is 16.6 Å². The summed E-state index contributed by atoms with van der Waals surface area (Å²) in [6.45, 7) is 5.57. The lowest BCUT2D eigenvalue weighted by Gasteiger charge is -2.64. The summed E-state index contributed by atoms with van der Waals surface area (Å²) >= 11 is 0. The first-order valence-corrected chi connectivity index (χ1v) is 9.09. The van der Waals surface area contributed by atoms with E-state index in [-0.39, 0.29) is 17.6 Å². The molecular weight excluding hydrogens is 318 g/mol. The number of aliphatic hydroxyl groups is 1. The number of hydrogen-bond donors (Lipinski definition) is 2. The van der Waals surface area contributed by atoms with Gasteiger partial charge in [0.25, 0.3) is 0 Å². The van der Waals surface area contributed by atoms with Gasteiger partial charge in [0, 0.05) is 24.8 Å². The van der Waals surface area contributed by atoms with E-state index in [9.17, 15) is 15.0 Å². The summed E-state index contributed by atoms with van der Waals surface area (Å²) in [5.74, 6) is 0.547. The maximum Gasteiger partial charge on any atom is 0.174 e. The molecule has 1 aromatic rings. The van der Waals surface area contributed by atoms with E-state index < -0.39 is 17.1 Å². The molecule has 1 spiro atoms. The minimum absolute atomic E-state index is 0.00134. The maximum atomic E-state index is 12.7. The Labute approximate surface area is 147 Å². The summed E-state index contributed by atoms with van der Waals surface area (Å²) < 4.78 is 6.76. The van der Waals surface area contributed by atoms with Crippen molar-refractivity contribution < 1.29 is 24.2 Å². The molecule has 0 radical (unpaired) electrons. The Kier molecular flexibility index (Phi) is 2.75. The molecule has 4 aliphatic rings. The van der Waals surface area contributed by atoms with Crippen molar-refractivity contribution in [1.82, 2.24) is 0 Å². The molecule has 5 rings (SSSR count). The summed E-state index contributed by atoms with van der Waals surface area (Å²) in [6.07, 6.45) is 3.47. The molecule has 5 heteroatoms. The van der Waals surface area contributed by atoms with E-state index in [1.165, 1.54) is 0 Å². The molecule has 1 aromatic carbocycles. The van der Waals surface area contributed by atoms with Gasteiger partial charge in [0.1, 0.15) is 11.6 Å². The molecule has 132 valence electrons. The van der Waals surface area contributed by atoms with Crippen LogP contribution in [-0.4, -0.2) is 58.4 Å². The van der Waals surface area contributed by atoms with Crippen LogP contribution >= 0.6 is 0 Å². The second-order valence-corrected chi connectivity index (χ2v) is 8.45. The minimum atomic E-state index is -0.992. The van der Waals surface area contributed by atoms with Gasteiger partial charge in [0.2, 0.25) is 0 Å². The molecule has 5 atom stereocenters. The number of rotatable bonds is 2. The third kappa shape index (κ3) is 1.51. The number of aromatic hydroxyl groups is 1. The smallest absolute Gasteiger partial charge is 0.174 e. The van der Waals surface area contributed by atoms with Crippen LogP contribution in [0.25, 0.3) is 0 Å². The molecule has 5 nitrogen and oxygen atoms in total. The second kappa shape index (κ2) is 4.46. The third-order valence-electron chi connectivity index (χ3n) is 7.45. The number of phenolic OH excluding ortho intramolecular Hbond substituents is 1. The topological polar surface area (TPSA) is 66.8 Å². The standard InChI is InChI=1S/C20H23NO4/c1-3-9-21(2)10-8-19-16-12-4-5-13(22)17(16)25-18(19)14(23)6-7-20(19,24)15(21)11-12/h3-5,15,18,24H,1,6-11H2,2H3/p+1/t15-,18+,19?,20-,21?/m1/s1. The largest absolute Gasteiger partial charge is 0.504 e. The van der Waals surface area contributed by atoms with E-state index in [0.717, 1.165) is 35.1 Å². The number of hydrogen-bond acceptors (Lipinski definition) is 4. The zero-order valence-electron chi connectivity index (χ0n) is 14.5. The van der Waals surface area contributed by atoms with Crippen LogP contribution < -0.4 is 4.74 Å². The van der Waals surface area contributed by atoms with Gasteiger partial charge in [-0.3, -0.25) is 4.79 Å². The number of carbonyl (C=O) groups excluding carboxylic acids is 1. The summed E-state index contributed by atoms with van der Waals surface area (Å²) in [5.41, 5.74) is 0.295. The predicted molar refractivity (Wildman–Crippen MR) is 91.6 cm³/mol. The molecule has 1 saturated carbocycles. The van der Waals surface area contributed by atoms with Crippen LogP contribution in [0.3, 0.4) is 0 Å². The Morgan fingerprint density at radius 3 is 3.00 bits per heavy atom. The van der Waals surface area contributed by atoms with Crippen molar-refractivity contribution in [3.63, 3.8) is 0 Å².